The van der Waals surface area contributed by atoms with Crippen LogP contribution >= 0.6 is 38.9 Å². The summed E-state index contributed by atoms with van der Waals surface area (Å²) < 4.78 is 9.78. The van der Waals surface area contributed by atoms with Gasteiger partial charge in [-0.05, 0) is 58.6 Å². The fourth-order valence-electron chi connectivity index (χ4n) is 3.29. The number of rotatable bonds is 5. The first-order valence-electron chi connectivity index (χ1n) is 8.53. The zero-order valence-electron chi connectivity index (χ0n) is 14.0. The quantitative estimate of drug-likeness (QED) is 0.586. The molecule has 1 saturated heterocycles. The number of halogens is 2. The van der Waals surface area contributed by atoms with Gasteiger partial charge >= 0.3 is 0 Å². The lowest BCUT2D eigenvalue weighted by Crippen LogP contribution is -2.33. The maximum Gasteiger partial charge on any atom is 0.268 e. The van der Waals surface area contributed by atoms with E-state index in [0.717, 1.165) is 39.0 Å². The van der Waals surface area contributed by atoms with E-state index in [1.165, 1.54) is 0 Å². The highest BCUT2D eigenvalue weighted by atomic mass is 79.9. The van der Waals surface area contributed by atoms with Crippen molar-refractivity contribution in [3.05, 3.63) is 56.5 Å². The van der Waals surface area contributed by atoms with Crippen molar-refractivity contribution in [2.75, 3.05) is 13.2 Å². The van der Waals surface area contributed by atoms with E-state index >= 15 is 0 Å². The van der Waals surface area contributed by atoms with Crippen LogP contribution in [0.5, 0.6) is 0 Å². The van der Waals surface area contributed by atoms with Gasteiger partial charge in [0.05, 0.1) is 20.1 Å². The average Bonchev–Trinajstić information content (AvgIpc) is 3.31. The lowest BCUT2D eigenvalue weighted by molar-refractivity contribution is 0.0851. The number of aromatic nitrogens is 1. The Morgan fingerprint density at radius 1 is 1.38 bits per heavy atom. The van der Waals surface area contributed by atoms with Crippen LogP contribution in [0.3, 0.4) is 0 Å². The van der Waals surface area contributed by atoms with Gasteiger partial charge in [0.15, 0.2) is 0 Å². The molecule has 1 fully saturated rings. The highest BCUT2D eigenvalue weighted by Gasteiger charge is 2.20. The van der Waals surface area contributed by atoms with Gasteiger partial charge in [0.1, 0.15) is 5.69 Å². The number of benzene rings is 1. The van der Waals surface area contributed by atoms with Crippen LogP contribution in [0.4, 0.5) is 0 Å². The molecule has 26 heavy (non-hydrogen) atoms. The molecule has 1 aliphatic heterocycles. The first-order valence-corrected chi connectivity index (χ1v) is 10.5. The molecule has 3 aromatic rings. The second-order valence-electron chi connectivity index (χ2n) is 6.39. The number of fused-ring (bicyclic) bond motifs is 1. The summed E-state index contributed by atoms with van der Waals surface area (Å²) in [4.78, 5) is 12.8. The van der Waals surface area contributed by atoms with Crippen LogP contribution in [-0.4, -0.2) is 29.7 Å². The molecule has 0 bridgehead atoms. The molecule has 1 amide bonds. The standard InChI is InChI=1S/C19H18BrClN2O2S/c20-18-9-15-17(26-18)8-16(19(24)22-10-14-5-2-6-25-14)23(15)11-12-3-1-4-13(21)7-12/h1,3-4,7-9,14H,2,5-6,10-11H2,(H,22,24). The van der Waals surface area contributed by atoms with Crippen molar-refractivity contribution in [3.8, 4) is 0 Å². The van der Waals surface area contributed by atoms with Gasteiger partial charge in [0, 0.05) is 24.7 Å². The van der Waals surface area contributed by atoms with E-state index in [1.807, 2.05) is 34.9 Å². The molecule has 4 rings (SSSR count). The second-order valence-corrected chi connectivity index (χ2v) is 9.29. The van der Waals surface area contributed by atoms with E-state index in [4.69, 9.17) is 16.3 Å². The first kappa shape index (κ1) is 18.0. The highest BCUT2D eigenvalue weighted by molar-refractivity contribution is 9.11. The van der Waals surface area contributed by atoms with Crippen molar-refractivity contribution in [3.63, 3.8) is 0 Å². The van der Waals surface area contributed by atoms with Crippen LogP contribution in [0.1, 0.15) is 28.9 Å². The summed E-state index contributed by atoms with van der Waals surface area (Å²) in [6.07, 6.45) is 2.20. The van der Waals surface area contributed by atoms with Gasteiger partial charge in [-0.15, -0.1) is 11.3 Å². The maximum absolute atomic E-state index is 12.8. The summed E-state index contributed by atoms with van der Waals surface area (Å²) in [5, 5.41) is 3.72. The molecule has 0 spiro atoms. The summed E-state index contributed by atoms with van der Waals surface area (Å²) in [7, 11) is 0. The van der Waals surface area contributed by atoms with E-state index in [-0.39, 0.29) is 12.0 Å². The maximum atomic E-state index is 12.8. The van der Waals surface area contributed by atoms with E-state index in [1.54, 1.807) is 11.3 Å². The van der Waals surface area contributed by atoms with Crippen LogP contribution < -0.4 is 5.32 Å². The molecule has 1 aliphatic rings. The molecule has 1 atom stereocenters. The molecule has 3 heterocycles. The normalized spacial score (nSPS) is 17.1. The predicted octanol–water partition coefficient (Wildman–Crippen LogP) is 5.08. The molecule has 4 nitrogen and oxygen atoms in total. The molecule has 7 heteroatoms. The zero-order valence-corrected chi connectivity index (χ0v) is 17.2. The number of ether oxygens (including phenoxy) is 1. The summed E-state index contributed by atoms with van der Waals surface area (Å²) in [5.74, 6) is -0.0675. The lowest BCUT2D eigenvalue weighted by atomic mass is 10.2. The first-order chi connectivity index (χ1) is 12.6. The Bertz CT molecular complexity index is 946. The van der Waals surface area contributed by atoms with Crippen molar-refractivity contribution in [1.29, 1.82) is 0 Å². The molecular formula is C19H18BrClN2O2S. The molecule has 0 aliphatic carbocycles. The smallest absolute Gasteiger partial charge is 0.268 e. The predicted molar refractivity (Wildman–Crippen MR) is 109 cm³/mol. The van der Waals surface area contributed by atoms with E-state index in [2.05, 4.69) is 27.3 Å². The minimum atomic E-state index is -0.0675. The van der Waals surface area contributed by atoms with Gasteiger partial charge in [0.25, 0.3) is 5.91 Å². The number of nitrogens with one attached hydrogen (secondary N) is 1. The van der Waals surface area contributed by atoms with Gasteiger partial charge in [0.2, 0.25) is 0 Å². The second kappa shape index (κ2) is 7.72. The number of hydrogen-bond donors (Lipinski definition) is 1. The Balaban J connectivity index is 1.62. The SMILES string of the molecule is O=C(NCC1CCCO1)c1cc2sc(Br)cc2n1Cc1cccc(Cl)c1. The fraction of sp³-hybridized carbons (Fsp3) is 0.316. The molecule has 2 aromatic heterocycles. The van der Waals surface area contributed by atoms with Crippen LogP contribution in [0.2, 0.25) is 5.02 Å². The number of hydrogen-bond acceptors (Lipinski definition) is 3. The van der Waals surface area contributed by atoms with Gasteiger partial charge in [-0.1, -0.05) is 23.7 Å². The van der Waals surface area contributed by atoms with Gasteiger partial charge in [-0.2, -0.15) is 0 Å². The van der Waals surface area contributed by atoms with E-state index < -0.39 is 0 Å². The lowest BCUT2D eigenvalue weighted by Gasteiger charge is -2.13. The third-order valence-corrected chi connectivity index (χ3v) is 6.35. The third kappa shape index (κ3) is 3.83. The molecule has 0 saturated carbocycles. The van der Waals surface area contributed by atoms with Crippen molar-refractivity contribution in [2.45, 2.75) is 25.5 Å². The summed E-state index contributed by atoms with van der Waals surface area (Å²) in [5.41, 5.74) is 2.77. The van der Waals surface area contributed by atoms with Crippen molar-refractivity contribution in [1.82, 2.24) is 9.88 Å². The molecule has 136 valence electrons. The number of thiophene rings is 1. The zero-order chi connectivity index (χ0) is 18.1. The fourth-order valence-corrected chi connectivity index (χ4v) is 5.07. The van der Waals surface area contributed by atoms with Gasteiger partial charge < -0.3 is 14.6 Å². The third-order valence-electron chi connectivity index (χ3n) is 4.54. The number of carbonyl (C=O) groups is 1. The Labute approximate surface area is 169 Å². The average molecular weight is 454 g/mol. The molecule has 1 aromatic carbocycles. The minimum absolute atomic E-state index is 0.0675. The Morgan fingerprint density at radius 2 is 2.27 bits per heavy atom. The summed E-state index contributed by atoms with van der Waals surface area (Å²) in [6, 6.07) is 11.8. The molecule has 1 N–H and O–H groups in total. The Kier molecular flexibility index (Phi) is 5.36. The van der Waals surface area contributed by atoms with E-state index in [0.29, 0.717) is 23.8 Å². The van der Waals surface area contributed by atoms with Crippen molar-refractivity contribution in [2.24, 2.45) is 0 Å². The molecule has 0 radical (unpaired) electrons. The van der Waals surface area contributed by atoms with Crippen LogP contribution in [0.25, 0.3) is 10.2 Å². The van der Waals surface area contributed by atoms with Crippen molar-refractivity contribution >= 4 is 55.0 Å². The topological polar surface area (TPSA) is 43.3 Å². The monoisotopic (exact) mass is 452 g/mol. The Morgan fingerprint density at radius 3 is 3.04 bits per heavy atom. The minimum Gasteiger partial charge on any atom is -0.376 e. The number of nitrogens with zero attached hydrogens (tertiary/aromatic N) is 1. The van der Waals surface area contributed by atoms with Gasteiger partial charge in [-0.3, -0.25) is 4.79 Å². The van der Waals surface area contributed by atoms with Crippen LogP contribution in [0.15, 0.2) is 40.2 Å². The number of carbonyl (C=O) groups excluding carboxylic acids is 1. The van der Waals surface area contributed by atoms with Crippen LogP contribution in [-0.2, 0) is 11.3 Å². The molecular weight excluding hydrogens is 436 g/mol. The van der Waals surface area contributed by atoms with Crippen molar-refractivity contribution < 1.29 is 9.53 Å². The Hall–Kier alpha value is -1.34. The molecule has 1 unspecified atom stereocenters. The highest BCUT2D eigenvalue weighted by Crippen LogP contribution is 2.33. The summed E-state index contributed by atoms with van der Waals surface area (Å²) in [6.45, 7) is 1.93. The largest absolute Gasteiger partial charge is 0.376 e. The van der Waals surface area contributed by atoms with Crippen LogP contribution in [0, 0.1) is 0 Å². The summed E-state index contributed by atoms with van der Waals surface area (Å²) >= 11 is 11.3. The van der Waals surface area contributed by atoms with E-state index in [9.17, 15) is 4.79 Å². The number of amides is 1. The van der Waals surface area contributed by atoms with Gasteiger partial charge in [-0.25, -0.2) is 0 Å².